The molecule has 19 heavy (non-hydrogen) atoms. The summed E-state index contributed by atoms with van der Waals surface area (Å²) in [7, 11) is 1.81. The molecule has 1 aromatic heterocycles. The summed E-state index contributed by atoms with van der Waals surface area (Å²) in [5.74, 6) is 0.159. The number of carbonyl (C=O) groups is 1. The van der Waals surface area contributed by atoms with Crippen LogP contribution in [0.1, 0.15) is 12.6 Å². The molecule has 2 amide bonds. The Morgan fingerprint density at radius 3 is 2.63 bits per heavy atom. The molecule has 6 heteroatoms. The van der Waals surface area contributed by atoms with Gasteiger partial charge < -0.3 is 15.7 Å². The van der Waals surface area contributed by atoms with Gasteiger partial charge in [0.2, 0.25) is 0 Å². The van der Waals surface area contributed by atoms with Gasteiger partial charge in [-0.15, -0.1) is 0 Å². The molecular formula is C13H16N4O2. The van der Waals surface area contributed by atoms with Crippen molar-refractivity contribution in [2.75, 3.05) is 10.6 Å². The number of nitrogens with one attached hydrogen (secondary N) is 2. The van der Waals surface area contributed by atoms with Crippen LogP contribution in [0.25, 0.3) is 0 Å². The largest absolute Gasteiger partial charge is 0.508 e. The van der Waals surface area contributed by atoms with E-state index in [1.807, 2.05) is 14.0 Å². The standard InChI is InChI=1S/C13H16N4O2/c1-3-11-12(8-17(2)16-11)15-13(19)14-9-4-6-10(18)7-5-9/h4-8,18H,3H2,1-2H3,(H2,14,15,19). The molecule has 0 bridgehead atoms. The first-order valence-corrected chi connectivity index (χ1v) is 5.98. The topological polar surface area (TPSA) is 79.2 Å². The molecule has 0 radical (unpaired) electrons. The number of hydrogen-bond acceptors (Lipinski definition) is 3. The predicted molar refractivity (Wildman–Crippen MR) is 73.3 cm³/mol. The van der Waals surface area contributed by atoms with Crippen molar-refractivity contribution in [1.29, 1.82) is 0 Å². The molecule has 6 nitrogen and oxygen atoms in total. The number of rotatable bonds is 3. The van der Waals surface area contributed by atoms with Crippen LogP contribution in [0.5, 0.6) is 5.75 Å². The molecule has 1 heterocycles. The molecule has 0 aliphatic heterocycles. The highest BCUT2D eigenvalue weighted by Crippen LogP contribution is 2.16. The number of amides is 2. The van der Waals surface area contributed by atoms with Crippen LogP contribution in [0.3, 0.4) is 0 Å². The molecule has 0 atom stereocenters. The smallest absolute Gasteiger partial charge is 0.323 e. The predicted octanol–water partition coefficient (Wildman–Crippen LogP) is 2.33. The maximum atomic E-state index is 11.8. The Morgan fingerprint density at radius 1 is 1.32 bits per heavy atom. The number of phenolic OH excluding ortho intramolecular Hbond substituents is 1. The lowest BCUT2D eigenvalue weighted by Gasteiger charge is -2.07. The average molecular weight is 260 g/mol. The zero-order valence-corrected chi connectivity index (χ0v) is 10.8. The molecule has 0 unspecified atom stereocenters. The van der Waals surface area contributed by atoms with Gasteiger partial charge in [0.15, 0.2) is 0 Å². The van der Waals surface area contributed by atoms with Crippen molar-refractivity contribution in [3.05, 3.63) is 36.2 Å². The van der Waals surface area contributed by atoms with Crippen molar-refractivity contribution < 1.29 is 9.90 Å². The van der Waals surface area contributed by atoms with E-state index in [9.17, 15) is 4.79 Å². The highest BCUT2D eigenvalue weighted by atomic mass is 16.3. The monoisotopic (exact) mass is 260 g/mol. The third-order valence-electron chi connectivity index (χ3n) is 2.61. The van der Waals surface area contributed by atoms with Gasteiger partial charge in [0, 0.05) is 18.9 Å². The summed E-state index contributed by atoms with van der Waals surface area (Å²) in [5, 5.41) is 18.8. The summed E-state index contributed by atoms with van der Waals surface area (Å²) in [6, 6.07) is 5.93. The normalized spacial score (nSPS) is 10.2. The summed E-state index contributed by atoms with van der Waals surface area (Å²) in [6.45, 7) is 1.98. The van der Waals surface area contributed by atoms with Gasteiger partial charge in [0.1, 0.15) is 5.75 Å². The SMILES string of the molecule is CCc1nn(C)cc1NC(=O)Nc1ccc(O)cc1. The Hall–Kier alpha value is -2.50. The fraction of sp³-hybridized carbons (Fsp3) is 0.231. The van der Waals surface area contributed by atoms with Gasteiger partial charge in [-0.1, -0.05) is 6.92 Å². The molecular weight excluding hydrogens is 244 g/mol. The van der Waals surface area contributed by atoms with Crippen LogP contribution in [0, 0.1) is 0 Å². The number of benzene rings is 1. The molecule has 3 N–H and O–H groups in total. The lowest BCUT2D eigenvalue weighted by atomic mass is 10.3. The van der Waals surface area contributed by atoms with E-state index in [1.54, 1.807) is 23.0 Å². The molecule has 2 rings (SSSR count). The Morgan fingerprint density at radius 2 is 2.00 bits per heavy atom. The van der Waals surface area contributed by atoms with Gasteiger partial charge >= 0.3 is 6.03 Å². The first-order chi connectivity index (χ1) is 9.08. The zero-order chi connectivity index (χ0) is 13.8. The van der Waals surface area contributed by atoms with Crippen LogP contribution >= 0.6 is 0 Å². The van der Waals surface area contributed by atoms with Crippen molar-refractivity contribution in [1.82, 2.24) is 9.78 Å². The Kier molecular flexibility index (Phi) is 3.70. The summed E-state index contributed by atoms with van der Waals surface area (Å²) in [6.07, 6.45) is 2.50. The number of carbonyl (C=O) groups excluding carboxylic acids is 1. The van der Waals surface area contributed by atoms with Crippen LogP contribution in [0.2, 0.25) is 0 Å². The summed E-state index contributed by atoms with van der Waals surface area (Å²) in [5.41, 5.74) is 2.14. The zero-order valence-electron chi connectivity index (χ0n) is 10.8. The van der Waals surface area contributed by atoms with Gasteiger partial charge in [-0.05, 0) is 30.7 Å². The van der Waals surface area contributed by atoms with Crippen molar-refractivity contribution in [2.45, 2.75) is 13.3 Å². The van der Waals surface area contributed by atoms with E-state index in [1.165, 1.54) is 12.1 Å². The van der Waals surface area contributed by atoms with Gasteiger partial charge in [-0.3, -0.25) is 4.68 Å². The van der Waals surface area contributed by atoms with Crippen LogP contribution in [-0.2, 0) is 13.5 Å². The minimum Gasteiger partial charge on any atom is -0.508 e. The van der Waals surface area contributed by atoms with Crippen molar-refractivity contribution >= 4 is 17.4 Å². The van der Waals surface area contributed by atoms with Crippen LogP contribution < -0.4 is 10.6 Å². The van der Waals surface area contributed by atoms with Crippen LogP contribution in [-0.4, -0.2) is 20.9 Å². The third-order valence-corrected chi connectivity index (χ3v) is 2.61. The number of aromatic hydroxyl groups is 1. The molecule has 1 aromatic carbocycles. The molecule has 0 saturated heterocycles. The summed E-state index contributed by atoms with van der Waals surface area (Å²) >= 11 is 0. The second-order valence-electron chi connectivity index (χ2n) is 4.14. The lowest BCUT2D eigenvalue weighted by Crippen LogP contribution is -2.19. The number of aromatic nitrogens is 2. The summed E-state index contributed by atoms with van der Waals surface area (Å²) in [4.78, 5) is 11.8. The van der Waals surface area contributed by atoms with E-state index < -0.39 is 0 Å². The number of urea groups is 1. The molecule has 100 valence electrons. The van der Waals surface area contributed by atoms with Gasteiger partial charge in [0.25, 0.3) is 0 Å². The van der Waals surface area contributed by atoms with E-state index in [2.05, 4.69) is 15.7 Å². The maximum Gasteiger partial charge on any atom is 0.323 e. The van der Waals surface area contributed by atoms with E-state index in [0.29, 0.717) is 11.4 Å². The summed E-state index contributed by atoms with van der Waals surface area (Å²) < 4.78 is 1.66. The molecule has 0 saturated carbocycles. The number of phenols is 1. The first-order valence-electron chi connectivity index (χ1n) is 5.98. The Labute approximate surface area is 111 Å². The molecule has 0 spiro atoms. The highest BCUT2D eigenvalue weighted by Gasteiger charge is 2.09. The molecule has 0 fully saturated rings. The van der Waals surface area contributed by atoms with Crippen LogP contribution in [0.15, 0.2) is 30.5 Å². The average Bonchev–Trinajstić information content (AvgIpc) is 2.72. The van der Waals surface area contributed by atoms with Crippen LogP contribution in [0.4, 0.5) is 16.2 Å². The molecule has 2 aromatic rings. The quantitative estimate of drug-likeness (QED) is 0.741. The van der Waals surface area contributed by atoms with Crippen molar-refractivity contribution in [2.24, 2.45) is 7.05 Å². The van der Waals surface area contributed by atoms with E-state index >= 15 is 0 Å². The Bertz CT molecular complexity index is 575. The van der Waals surface area contributed by atoms with Gasteiger partial charge in [0.05, 0.1) is 11.4 Å². The molecule has 0 aliphatic carbocycles. The third kappa shape index (κ3) is 3.25. The molecule has 0 aliphatic rings. The van der Waals surface area contributed by atoms with Crippen molar-refractivity contribution in [3.8, 4) is 5.75 Å². The fourth-order valence-electron chi connectivity index (χ4n) is 1.73. The van der Waals surface area contributed by atoms with E-state index in [4.69, 9.17) is 5.11 Å². The van der Waals surface area contributed by atoms with Gasteiger partial charge in [-0.2, -0.15) is 5.10 Å². The lowest BCUT2D eigenvalue weighted by molar-refractivity contribution is 0.262. The number of hydrogen-bond donors (Lipinski definition) is 3. The second-order valence-corrected chi connectivity index (χ2v) is 4.14. The fourth-order valence-corrected chi connectivity index (χ4v) is 1.73. The van der Waals surface area contributed by atoms with E-state index in [-0.39, 0.29) is 11.8 Å². The first kappa shape index (κ1) is 12.9. The van der Waals surface area contributed by atoms with Gasteiger partial charge in [-0.25, -0.2) is 4.79 Å². The highest BCUT2D eigenvalue weighted by molar-refractivity contribution is 6.00. The van der Waals surface area contributed by atoms with Crippen molar-refractivity contribution in [3.63, 3.8) is 0 Å². The number of anilines is 2. The minimum absolute atomic E-state index is 0.159. The van der Waals surface area contributed by atoms with E-state index in [0.717, 1.165) is 12.1 Å². The maximum absolute atomic E-state index is 11.8. The number of nitrogens with zero attached hydrogens (tertiary/aromatic N) is 2. The minimum atomic E-state index is -0.339. The Balaban J connectivity index is 2.03. The second kappa shape index (κ2) is 5.43. The number of aryl methyl sites for hydroxylation is 2.